The number of hydrogen-bond acceptors (Lipinski definition) is 6. The Bertz CT molecular complexity index is 1230. The lowest BCUT2D eigenvalue weighted by atomic mass is 10.0. The van der Waals surface area contributed by atoms with Gasteiger partial charge < -0.3 is 14.2 Å². The van der Waals surface area contributed by atoms with Crippen molar-refractivity contribution in [2.24, 2.45) is 0 Å². The number of carbonyl (C=O) groups is 3. The topological polar surface area (TPSA) is 78.9 Å². The number of allylic oxidation sites excluding steroid dienone is 4. The standard InChI is InChI=1S/C70H132O6/c1-4-7-10-13-16-19-22-25-28-30-31-32-33-34-35-36-37-38-39-41-42-45-48-51-54-57-60-63-69(72)75-66-67(65-74-68(71)62-59-56-53-50-47-44-27-24-21-18-15-12-9-6-3)76-70(73)64-61-58-55-52-49-46-43-40-29-26-23-20-17-14-11-8-5-2/h24,27,30-31,67H,4-23,25-26,28-29,32-66H2,1-3H3/b27-24-,31-30-. The van der Waals surface area contributed by atoms with Crippen LogP contribution in [0.3, 0.4) is 0 Å². The van der Waals surface area contributed by atoms with Crippen molar-refractivity contribution in [2.45, 2.75) is 393 Å². The Morgan fingerprint density at radius 2 is 0.434 bits per heavy atom. The van der Waals surface area contributed by atoms with Gasteiger partial charge in [0.25, 0.3) is 0 Å². The van der Waals surface area contributed by atoms with Gasteiger partial charge in [-0.05, 0) is 70.6 Å². The highest BCUT2D eigenvalue weighted by Gasteiger charge is 2.19. The maximum Gasteiger partial charge on any atom is 0.306 e. The SMILES string of the molecule is CCCCCCC/C=C\CCCCCCCC(=O)OCC(COC(=O)CCCCCCCCCCCCCCCCC/C=C\CCCCCCCCCC)OC(=O)CCCCCCCCCCCCCCCCCCC. The first-order valence-corrected chi connectivity index (χ1v) is 34.3. The number of unbranched alkanes of at least 4 members (excludes halogenated alkanes) is 49. The van der Waals surface area contributed by atoms with E-state index >= 15 is 0 Å². The third-order valence-corrected chi connectivity index (χ3v) is 15.7. The van der Waals surface area contributed by atoms with Gasteiger partial charge in [0.15, 0.2) is 6.10 Å². The first kappa shape index (κ1) is 73.9. The molecule has 0 spiro atoms. The summed E-state index contributed by atoms with van der Waals surface area (Å²) in [7, 11) is 0. The summed E-state index contributed by atoms with van der Waals surface area (Å²) in [4.78, 5) is 38.4. The van der Waals surface area contributed by atoms with E-state index in [0.717, 1.165) is 64.2 Å². The lowest BCUT2D eigenvalue weighted by molar-refractivity contribution is -0.167. The monoisotopic (exact) mass is 1070 g/mol. The molecule has 0 aromatic heterocycles. The third-order valence-electron chi connectivity index (χ3n) is 15.7. The molecule has 0 N–H and O–H groups in total. The molecular weight excluding hydrogens is 937 g/mol. The van der Waals surface area contributed by atoms with Gasteiger partial charge in [-0.15, -0.1) is 0 Å². The van der Waals surface area contributed by atoms with E-state index in [1.54, 1.807) is 0 Å². The molecule has 6 nitrogen and oxygen atoms in total. The summed E-state index contributed by atoms with van der Waals surface area (Å²) < 4.78 is 17.0. The van der Waals surface area contributed by atoms with Crippen LogP contribution in [0, 0.1) is 0 Å². The summed E-state index contributed by atoms with van der Waals surface area (Å²) in [6, 6.07) is 0. The van der Waals surface area contributed by atoms with Crippen LogP contribution in [0.2, 0.25) is 0 Å². The summed E-state index contributed by atoms with van der Waals surface area (Å²) >= 11 is 0. The molecule has 0 fully saturated rings. The van der Waals surface area contributed by atoms with Crippen molar-refractivity contribution in [3.05, 3.63) is 24.3 Å². The van der Waals surface area contributed by atoms with Gasteiger partial charge in [-0.1, -0.05) is 321 Å². The number of carbonyl (C=O) groups excluding carboxylic acids is 3. The molecular formula is C70H132O6. The summed E-state index contributed by atoms with van der Waals surface area (Å²) in [5.41, 5.74) is 0. The number of rotatable bonds is 64. The lowest BCUT2D eigenvalue weighted by Gasteiger charge is -2.18. The average molecular weight is 1070 g/mol. The maximum absolute atomic E-state index is 12.9. The Morgan fingerprint density at radius 3 is 0.658 bits per heavy atom. The predicted molar refractivity (Wildman–Crippen MR) is 330 cm³/mol. The van der Waals surface area contributed by atoms with E-state index in [9.17, 15) is 14.4 Å². The first-order chi connectivity index (χ1) is 37.5. The highest BCUT2D eigenvalue weighted by Crippen LogP contribution is 2.18. The third kappa shape index (κ3) is 62.7. The van der Waals surface area contributed by atoms with Crippen LogP contribution in [-0.4, -0.2) is 37.2 Å². The van der Waals surface area contributed by atoms with Crippen LogP contribution < -0.4 is 0 Å². The van der Waals surface area contributed by atoms with Crippen molar-refractivity contribution in [3.8, 4) is 0 Å². The van der Waals surface area contributed by atoms with Crippen LogP contribution >= 0.6 is 0 Å². The van der Waals surface area contributed by atoms with Crippen LogP contribution in [0.25, 0.3) is 0 Å². The Balaban J connectivity index is 4.21. The van der Waals surface area contributed by atoms with Gasteiger partial charge in [0.05, 0.1) is 0 Å². The maximum atomic E-state index is 12.9. The van der Waals surface area contributed by atoms with Crippen LogP contribution in [-0.2, 0) is 28.6 Å². The van der Waals surface area contributed by atoms with E-state index in [-0.39, 0.29) is 31.1 Å². The number of esters is 3. The van der Waals surface area contributed by atoms with Crippen LogP contribution in [0.5, 0.6) is 0 Å². The fourth-order valence-corrected chi connectivity index (χ4v) is 10.5. The Labute approximate surface area is 474 Å². The highest BCUT2D eigenvalue weighted by atomic mass is 16.6. The minimum atomic E-state index is -0.771. The van der Waals surface area contributed by atoms with E-state index in [1.807, 2.05) is 0 Å². The summed E-state index contributed by atoms with van der Waals surface area (Å²) in [5, 5.41) is 0. The van der Waals surface area contributed by atoms with Gasteiger partial charge in [0, 0.05) is 19.3 Å². The summed E-state index contributed by atoms with van der Waals surface area (Å²) in [6.45, 7) is 6.70. The minimum absolute atomic E-state index is 0.0679. The second kappa shape index (κ2) is 65.4. The van der Waals surface area contributed by atoms with Gasteiger partial charge in [0.2, 0.25) is 0 Å². The van der Waals surface area contributed by atoms with E-state index in [1.165, 1.54) is 283 Å². The molecule has 0 aromatic rings. The number of ether oxygens (including phenoxy) is 3. The van der Waals surface area contributed by atoms with Gasteiger partial charge >= 0.3 is 17.9 Å². The van der Waals surface area contributed by atoms with Crippen LogP contribution in [0.15, 0.2) is 24.3 Å². The summed E-state index contributed by atoms with van der Waals surface area (Å²) in [6.07, 6.45) is 79.2. The normalized spacial score (nSPS) is 12.1. The van der Waals surface area contributed by atoms with Crippen molar-refractivity contribution < 1.29 is 28.6 Å². The quantitative estimate of drug-likeness (QED) is 0.0261. The van der Waals surface area contributed by atoms with Crippen LogP contribution in [0.1, 0.15) is 387 Å². The molecule has 0 aromatic carbocycles. The molecule has 0 heterocycles. The number of hydrogen-bond donors (Lipinski definition) is 0. The molecule has 0 saturated heterocycles. The molecule has 0 radical (unpaired) electrons. The minimum Gasteiger partial charge on any atom is -0.462 e. The molecule has 1 unspecified atom stereocenters. The van der Waals surface area contributed by atoms with Crippen molar-refractivity contribution in [1.29, 1.82) is 0 Å². The van der Waals surface area contributed by atoms with E-state index in [0.29, 0.717) is 19.3 Å². The first-order valence-electron chi connectivity index (χ1n) is 34.3. The van der Waals surface area contributed by atoms with Gasteiger partial charge in [-0.2, -0.15) is 0 Å². The van der Waals surface area contributed by atoms with Crippen molar-refractivity contribution >= 4 is 17.9 Å². The van der Waals surface area contributed by atoms with Crippen molar-refractivity contribution in [1.82, 2.24) is 0 Å². The van der Waals surface area contributed by atoms with E-state index in [2.05, 4.69) is 45.1 Å². The average Bonchev–Trinajstić information content (AvgIpc) is 3.42. The molecule has 1 atom stereocenters. The molecule has 0 saturated carbocycles. The zero-order valence-electron chi connectivity index (χ0n) is 51.6. The lowest BCUT2D eigenvalue weighted by Crippen LogP contribution is -2.30. The van der Waals surface area contributed by atoms with Gasteiger partial charge in [0.1, 0.15) is 13.2 Å². The second-order valence-electron chi connectivity index (χ2n) is 23.4. The zero-order valence-corrected chi connectivity index (χ0v) is 51.6. The molecule has 0 aliphatic carbocycles. The fraction of sp³-hybridized carbons (Fsp3) is 0.900. The van der Waals surface area contributed by atoms with Crippen molar-refractivity contribution in [3.63, 3.8) is 0 Å². The Hall–Kier alpha value is -2.11. The van der Waals surface area contributed by atoms with Gasteiger partial charge in [-0.3, -0.25) is 14.4 Å². The zero-order chi connectivity index (χ0) is 55.0. The smallest absolute Gasteiger partial charge is 0.306 e. The molecule has 0 bridgehead atoms. The molecule has 6 heteroatoms. The predicted octanol–water partition coefficient (Wildman–Crippen LogP) is 23.4. The van der Waals surface area contributed by atoms with Crippen molar-refractivity contribution in [2.75, 3.05) is 13.2 Å². The second-order valence-corrected chi connectivity index (χ2v) is 23.4. The molecule has 448 valence electrons. The Morgan fingerprint density at radius 1 is 0.250 bits per heavy atom. The molecule has 76 heavy (non-hydrogen) atoms. The van der Waals surface area contributed by atoms with E-state index in [4.69, 9.17) is 14.2 Å². The fourth-order valence-electron chi connectivity index (χ4n) is 10.5. The molecule has 0 amide bonds. The van der Waals surface area contributed by atoms with Crippen LogP contribution in [0.4, 0.5) is 0 Å². The largest absolute Gasteiger partial charge is 0.462 e. The molecule has 0 rings (SSSR count). The highest BCUT2D eigenvalue weighted by molar-refractivity contribution is 5.71. The van der Waals surface area contributed by atoms with Gasteiger partial charge in [-0.25, -0.2) is 0 Å². The molecule has 0 aliphatic heterocycles. The van der Waals surface area contributed by atoms with E-state index < -0.39 is 6.10 Å². The molecule has 0 aliphatic rings. The Kier molecular flexibility index (Phi) is 63.6. The summed E-state index contributed by atoms with van der Waals surface area (Å²) in [5.74, 6) is -0.847.